The Balaban J connectivity index is 1.34. The molecule has 8 nitrogen and oxygen atoms in total. The van der Waals surface area contributed by atoms with E-state index in [0.717, 1.165) is 43.2 Å². The fourth-order valence-corrected chi connectivity index (χ4v) is 5.51. The van der Waals surface area contributed by atoms with Crippen molar-refractivity contribution in [1.82, 2.24) is 10.6 Å². The highest BCUT2D eigenvalue weighted by Crippen LogP contribution is 2.38. The molecule has 3 unspecified atom stereocenters. The lowest BCUT2D eigenvalue weighted by Gasteiger charge is -2.32. The largest absolute Gasteiger partial charge is 0.445 e. The summed E-state index contributed by atoms with van der Waals surface area (Å²) in [5, 5.41) is 15.2. The second kappa shape index (κ2) is 12.9. The minimum absolute atomic E-state index is 0.0228. The van der Waals surface area contributed by atoms with E-state index in [0.29, 0.717) is 24.8 Å². The molecule has 0 spiro atoms. The third-order valence-corrected chi connectivity index (χ3v) is 7.67. The second-order valence-corrected chi connectivity index (χ2v) is 10.4. The number of nitrogens with one attached hydrogen (secondary N) is 2. The van der Waals surface area contributed by atoms with E-state index < -0.39 is 23.9 Å². The summed E-state index contributed by atoms with van der Waals surface area (Å²) < 4.78 is 18.7. The number of aliphatic hydroxyl groups is 1. The molecule has 0 saturated heterocycles. The van der Waals surface area contributed by atoms with Crippen LogP contribution < -0.4 is 16.4 Å². The van der Waals surface area contributed by atoms with Crippen LogP contribution in [0, 0.1) is 11.7 Å². The van der Waals surface area contributed by atoms with E-state index >= 15 is 0 Å². The monoisotopic (exact) mass is 525 g/mol. The van der Waals surface area contributed by atoms with Gasteiger partial charge in [-0.1, -0.05) is 49.2 Å². The van der Waals surface area contributed by atoms with Crippen molar-refractivity contribution in [3.63, 3.8) is 0 Å². The van der Waals surface area contributed by atoms with E-state index in [1.807, 2.05) is 24.3 Å². The fraction of sp³-hybridized carbons (Fsp3) is 0.483. The van der Waals surface area contributed by atoms with Crippen molar-refractivity contribution in [2.24, 2.45) is 11.7 Å². The van der Waals surface area contributed by atoms with Crippen molar-refractivity contribution < 1.29 is 28.6 Å². The number of alkyl carbamates (subject to hydrolysis) is 1. The molecule has 2 saturated carbocycles. The Labute approximate surface area is 222 Å². The van der Waals surface area contributed by atoms with Gasteiger partial charge in [-0.05, 0) is 73.3 Å². The average Bonchev–Trinajstić information content (AvgIpc) is 2.92. The van der Waals surface area contributed by atoms with Gasteiger partial charge in [0.15, 0.2) is 0 Å². The van der Waals surface area contributed by atoms with Crippen LogP contribution in [0.2, 0.25) is 0 Å². The number of primary amides is 1. The Bertz CT molecular complexity index is 1100. The molecule has 3 atom stereocenters. The van der Waals surface area contributed by atoms with E-state index in [1.165, 1.54) is 24.3 Å². The number of carbonyl (C=O) groups is 3. The third-order valence-electron chi connectivity index (χ3n) is 7.67. The van der Waals surface area contributed by atoms with Gasteiger partial charge < -0.3 is 26.2 Å². The molecule has 2 fully saturated rings. The van der Waals surface area contributed by atoms with Crippen LogP contribution in [0.5, 0.6) is 0 Å². The molecule has 2 aliphatic carbocycles. The first-order valence-electron chi connectivity index (χ1n) is 13.4. The average molecular weight is 526 g/mol. The lowest BCUT2D eigenvalue weighted by atomic mass is 9.74. The normalized spacial score (nSPS) is 24.2. The molecule has 0 aromatic heterocycles. The van der Waals surface area contributed by atoms with Gasteiger partial charge in [-0.25, -0.2) is 9.18 Å². The zero-order valence-electron chi connectivity index (χ0n) is 21.4. The number of benzene rings is 2. The molecule has 3 amide bonds. The van der Waals surface area contributed by atoms with E-state index in [2.05, 4.69) is 10.6 Å². The highest BCUT2D eigenvalue weighted by Gasteiger charge is 2.34. The quantitative estimate of drug-likeness (QED) is 0.414. The number of carbonyl (C=O) groups excluding carboxylic acids is 3. The van der Waals surface area contributed by atoms with Gasteiger partial charge in [-0.3, -0.25) is 9.59 Å². The van der Waals surface area contributed by atoms with Crippen molar-refractivity contribution in [2.75, 3.05) is 0 Å². The van der Waals surface area contributed by atoms with Gasteiger partial charge in [-0.15, -0.1) is 0 Å². The fourth-order valence-electron chi connectivity index (χ4n) is 5.51. The molecule has 5 N–H and O–H groups in total. The van der Waals surface area contributed by atoms with Crippen LogP contribution >= 0.6 is 0 Å². The molecule has 204 valence electrons. The smallest absolute Gasteiger partial charge is 0.407 e. The molecule has 4 rings (SSSR count). The topological polar surface area (TPSA) is 131 Å². The van der Waals surface area contributed by atoms with Crippen LogP contribution in [0.25, 0.3) is 0 Å². The molecular formula is C29H36FN3O5. The summed E-state index contributed by atoms with van der Waals surface area (Å²) in [7, 11) is 0. The SMILES string of the molecule is NC(=O)C(NC(=O)C1CCCCC1c1ccc(COC(=O)NC2CCC(O)CC2)cc1)c1ccc(F)cc1. The number of aliphatic hydroxyl groups excluding tert-OH is 1. The van der Waals surface area contributed by atoms with Crippen LogP contribution in [0.15, 0.2) is 48.5 Å². The predicted molar refractivity (Wildman–Crippen MR) is 139 cm³/mol. The molecule has 2 aromatic carbocycles. The standard InChI is InChI=1S/C29H36FN3O5/c30-21-11-9-20(10-12-21)26(27(31)35)33-28(36)25-4-2-1-3-24(25)19-7-5-18(6-8-19)17-38-29(37)32-22-13-15-23(34)16-14-22/h5-12,22-26,34H,1-4,13-17H2,(H2,31,35)(H,32,37)(H,33,36). The number of nitrogens with two attached hydrogens (primary N) is 1. The summed E-state index contributed by atoms with van der Waals surface area (Å²) in [5.41, 5.74) is 7.84. The molecule has 0 radical (unpaired) electrons. The summed E-state index contributed by atoms with van der Waals surface area (Å²) in [5.74, 6) is -1.73. The number of rotatable bonds is 8. The lowest BCUT2D eigenvalue weighted by molar-refractivity contribution is -0.131. The maximum absolute atomic E-state index is 13.3. The molecule has 0 aliphatic heterocycles. The van der Waals surface area contributed by atoms with Gasteiger partial charge >= 0.3 is 6.09 Å². The van der Waals surface area contributed by atoms with Crippen molar-refractivity contribution in [3.05, 3.63) is 71.0 Å². The Kier molecular flexibility index (Phi) is 9.33. The molecule has 38 heavy (non-hydrogen) atoms. The molecule has 2 aromatic rings. The summed E-state index contributed by atoms with van der Waals surface area (Å²) in [6.07, 6.45) is 5.53. The first-order valence-corrected chi connectivity index (χ1v) is 13.4. The van der Waals surface area contributed by atoms with E-state index in [-0.39, 0.29) is 36.5 Å². The van der Waals surface area contributed by atoms with Crippen molar-refractivity contribution in [3.8, 4) is 0 Å². The maximum Gasteiger partial charge on any atom is 0.407 e. The third kappa shape index (κ3) is 7.31. The minimum atomic E-state index is -1.03. The molecular weight excluding hydrogens is 489 g/mol. The molecule has 9 heteroatoms. The lowest BCUT2D eigenvalue weighted by Crippen LogP contribution is -2.42. The Morgan fingerprint density at radius 1 is 0.947 bits per heavy atom. The van der Waals surface area contributed by atoms with Crippen molar-refractivity contribution in [2.45, 2.75) is 82.1 Å². The zero-order chi connectivity index (χ0) is 27.1. The Hall–Kier alpha value is -3.46. The molecule has 0 bridgehead atoms. The van der Waals surface area contributed by atoms with Crippen LogP contribution in [-0.4, -0.2) is 35.2 Å². The Morgan fingerprint density at radius 2 is 1.61 bits per heavy atom. The van der Waals surface area contributed by atoms with Crippen LogP contribution in [-0.2, 0) is 20.9 Å². The predicted octanol–water partition coefficient (Wildman–Crippen LogP) is 3.97. The number of hydrogen-bond donors (Lipinski definition) is 4. The van der Waals surface area contributed by atoms with Crippen LogP contribution in [0.1, 0.15) is 80.0 Å². The van der Waals surface area contributed by atoms with Crippen molar-refractivity contribution >= 4 is 17.9 Å². The first kappa shape index (κ1) is 27.6. The van der Waals surface area contributed by atoms with Gasteiger partial charge in [0, 0.05) is 12.0 Å². The number of ether oxygens (including phenoxy) is 1. The summed E-state index contributed by atoms with van der Waals surface area (Å²) in [6.45, 7) is 0.133. The summed E-state index contributed by atoms with van der Waals surface area (Å²) >= 11 is 0. The van der Waals surface area contributed by atoms with Gasteiger partial charge in [0.1, 0.15) is 18.5 Å². The highest BCUT2D eigenvalue weighted by atomic mass is 19.1. The van der Waals surface area contributed by atoms with E-state index in [4.69, 9.17) is 10.5 Å². The highest BCUT2D eigenvalue weighted by molar-refractivity contribution is 5.89. The summed E-state index contributed by atoms with van der Waals surface area (Å²) in [4.78, 5) is 37.5. The number of hydrogen-bond acceptors (Lipinski definition) is 5. The Morgan fingerprint density at radius 3 is 2.26 bits per heavy atom. The first-order chi connectivity index (χ1) is 18.3. The van der Waals surface area contributed by atoms with Crippen molar-refractivity contribution in [1.29, 1.82) is 0 Å². The zero-order valence-corrected chi connectivity index (χ0v) is 21.4. The second-order valence-electron chi connectivity index (χ2n) is 10.4. The molecule has 2 aliphatic rings. The van der Waals surface area contributed by atoms with Gasteiger partial charge in [-0.2, -0.15) is 0 Å². The van der Waals surface area contributed by atoms with Crippen LogP contribution in [0.4, 0.5) is 9.18 Å². The number of amides is 3. The van der Waals surface area contributed by atoms with Gasteiger partial charge in [0.05, 0.1) is 6.10 Å². The van der Waals surface area contributed by atoms with Gasteiger partial charge in [0.25, 0.3) is 0 Å². The minimum Gasteiger partial charge on any atom is -0.445 e. The maximum atomic E-state index is 13.3. The van der Waals surface area contributed by atoms with Crippen LogP contribution in [0.3, 0.4) is 0 Å². The van der Waals surface area contributed by atoms with Gasteiger partial charge in [0.2, 0.25) is 11.8 Å². The number of halogens is 1. The summed E-state index contributed by atoms with van der Waals surface area (Å²) in [6, 6.07) is 12.1. The van der Waals surface area contributed by atoms with E-state index in [1.54, 1.807) is 0 Å². The van der Waals surface area contributed by atoms with E-state index in [9.17, 15) is 23.9 Å². The molecule has 0 heterocycles.